The van der Waals surface area contributed by atoms with Crippen LogP contribution < -0.4 is 5.73 Å². The van der Waals surface area contributed by atoms with Gasteiger partial charge in [-0.3, -0.25) is 4.68 Å². The van der Waals surface area contributed by atoms with Crippen LogP contribution in [0.2, 0.25) is 0 Å². The van der Waals surface area contributed by atoms with Crippen LogP contribution in [0.3, 0.4) is 0 Å². The number of hydrogen-bond donors (Lipinski definition) is 1. The molecule has 15 heavy (non-hydrogen) atoms. The second kappa shape index (κ2) is 5.28. The highest BCUT2D eigenvalue weighted by atomic mass is 16.5. The van der Waals surface area contributed by atoms with Gasteiger partial charge in [-0.25, -0.2) is 0 Å². The zero-order valence-corrected chi connectivity index (χ0v) is 10.0. The first-order valence-electron chi connectivity index (χ1n) is 5.46. The molecule has 0 aliphatic carbocycles. The van der Waals surface area contributed by atoms with E-state index in [2.05, 4.69) is 12.0 Å². The smallest absolute Gasteiger partial charge is 0.0983 e. The molecule has 1 rings (SSSR count). The minimum atomic E-state index is -0.0337. The molecule has 0 bridgehead atoms. The summed E-state index contributed by atoms with van der Waals surface area (Å²) in [5.41, 5.74) is 7.92. The van der Waals surface area contributed by atoms with Gasteiger partial charge < -0.3 is 10.5 Å². The lowest BCUT2D eigenvalue weighted by molar-refractivity contribution is 0.0115. The summed E-state index contributed by atoms with van der Waals surface area (Å²) in [4.78, 5) is 0. The molecule has 0 aliphatic heterocycles. The Labute approximate surface area is 91.4 Å². The monoisotopic (exact) mass is 211 g/mol. The number of ether oxygens (including phenoxy) is 1. The molecule has 86 valence electrons. The van der Waals surface area contributed by atoms with Gasteiger partial charge in [0, 0.05) is 25.4 Å². The van der Waals surface area contributed by atoms with E-state index in [-0.39, 0.29) is 12.2 Å². The molecule has 1 atom stereocenters. The fourth-order valence-corrected chi connectivity index (χ4v) is 1.68. The lowest BCUT2D eigenvalue weighted by atomic mass is 10.1. The molecular weight excluding hydrogens is 190 g/mol. The molecule has 0 aliphatic rings. The summed E-state index contributed by atoms with van der Waals surface area (Å²) < 4.78 is 7.58. The average molecular weight is 211 g/mol. The number of aromatic nitrogens is 2. The normalized spacial score (nSPS) is 13.5. The Morgan fingerprint density at radius 1 is 1.53 bits per heavy atom. The Morgan fingerprint density at radius 3 is 2.67 bits per heavy atom. The molecule has 0 aromatic carbocycles. The number of hydrogen-bond acceptors (Lipinski definition) is 3. The van der Waals surface area contributed by atoms with Gasteiger partial charge in [-0.2, -0.15) is 5.10 Å². The van der Waals surface area contributed by atoms with Crippen LogP contribution in [0.5, 0.6) is 0 Å². The largest absolute Gasteiger partial charge is 0.369 e. The number of rotatable bonds is 5. The minimum Gasteiger partial charge on any atom is -0.369 e. The zero-order valence-electron chi connectivity index (χ0n) is 10.0. The quantitative estimate of drug-likeness (QED) is 0.801. The van der Waals surface area contributed by atoms with E-state index in [0.717, 1.165) is 17.7 Å². The van der Waals surface area contributed by atoms with Crippen LogP contribution in [0.4, 0.5) is 0 Å². The van der Waals surface area contributed by atoms with E-state index in [1.807, 2.05) is 31.8 Å². The number of aryl methyl sites for hydroxylation is 2. The van der Waals surface area contributed by atoms with Crippen molar-refractivity contribution in [3.8, 4) is 0 Å². The van der Waals surface area contributed by atoms with Crippen molar-refractivity contribution >= 4 is 0 Å². The zero-order chi connectivity index (χ0) is 11.4. The molecule has 0 fully saturated rings. The maximum atomic E-state index is 5.76. The average Bonchev–Trinajstić information content (AvgIpc) is 2.55. The Morgan fingerprint density at radius 2 is 2.20 bits per heavy atom. The van der Waals surface area contributed by atoms with Gasteiger partial charge in [-0.05, 0) is 20.3 Å². The van der Waals surface area contributed by atoms with Crippen LogP contribution >= 0.6 is 0 Å². The van der Waals surface area contributed by atoms with E-state index in [0.29, 0.717) is 6.54 Å². The first kappa shape index (κ1) is 12.2. The van der Waals surface area contributed by atoms with Crippen molar-refractivity contribution in [1.82, 2.24) is 9.78 Å². The van der Waals surface area contributed by atoms with Crippen LogP contribution in [0, 0.1) is 0 Å². The third-order valence-corrected chi connectivity index (χ3v) is 2.27. The molecule has 1 heterocycles. The highest BCUT2D eigenvalue weighted by Crippen LogP contribution is 2.21. The molecule has 2 N–H and O–H groups in total. The summed E-state index contributed by atoms with van der Waals surface area (Å²) in [5.74, 6) is 0. The highest BCUT2D eigenvalue weighted by molar-refractivity contribution is 5.20. The SMILES string of the molecule is CCc1nn(C)cc1C(CN)OC(C)C. The molecule has 0 saturated heterocycles. The molecule has 1 aromatic heterocycles. The molecule has 0 amide bonds. The molecule has 4 nitrogen and oxygen atoms in total. The third kappa shape index (κ3) is 3.04. The Balaban J connectivity index is 2.89. The van der Waals surface area contributed by atoms with Crippen molar-refractivity contribution < 1.29 is 4.74 Å². The first-order valence-corrected chi connectivity index (χ1v) is 5.46. The summed E-state index contributed by atoms with van der Waals surface area (Å²) in [7, 11) is 1.92. The van der Waals surface area contributed by atoms with E-state index in [4.69, 9.17) is 10.5 Å². The summed E-state index contributed by atoms with van der Waals surface area (Å²) in [5, 5.41) is 4.39. The maximum Gasteiger partial charge on any atom is 0.0983 e. The van der Waals surface area contributed by atoms with E-state index in [1.165, 1.54) is 0 Å². The van der Waals surface area contributed by atoms with Gasteiger partial charge >= 0.3 is 0 Å². The molecule has 4 heteroatoms. The van der Waals surface area contributed by atoms with Gasteiger partial charge in [-0.1, -0.05) is 6.92 Å². The summed E-state index contributed by atoms with van der Waals surface area (Å²) >= 11 is 0. The predicted octanol–water partition coefficient (Wildman–Crippen LogP) is 1.41. The van der Waals surface area contributed by atoms with Crippen molar-refractivity contribution in [3.63, 3.8) is 0 Å². The van der Waals surface area contributed by atoms with Gasteiger partial charge in [-0.15, -0.1) is 0 Å². The van der Waals surface area contributed by atoms with Gasteiger partial charge in [0.2, 0.25) is 0 Å². The van der Waals surface area contributed by atoms with Gasteiger partial charge in [0.15, 0.2) is 0 Å². The van der Waals surface area contributed by atoms with Crippen molar-refractivity contribution in [2.24, 2.45) is 12.8 Å². The third-order valence-electron chi connectivity index (χ3n) is 2.27. The van der Waals surface area contributed by atoms with Crippen LogP contribution in [0.25, 0.3) is 0 Å². The van der Waals surface area contributed by atoms with Crippen molar-refractivity contribution in [2.75, 3.05) is 6.54 Å². The number of nitrogens with zero attached hydrogens (tertiary/aromatic N) is 2. The minimum absolute atomic E-state index is 0.0337. The fourth-order valence-electron chi connectivity index (χ4n) is 1.68. The van der Waals surface area contributed by atoms with E-state index >= 15 is 0 Å². The second-order valence-electron chi connectivity index (χ2n) is 3.97. The summed E-state index contributed by atoms with van der Waals surface area (Å²) in [6, 6.07) is 0. The summed E-state index contributed by atoms with van der Waals surface area (Å²) in [6.07, 6.45) is 3.06. The first-order chi connectivity index (χ1) is 7.08. The highest BCUT2D eigenvalue weighted by Gasteiger charge is 2.17. The predicted molar refractivity (Wildman–Crippen MR) is 60.6 cm³/mol. The lowest BCUT2D eigenvalue weighted by Crippen LogP contribution is -2.20. The van der Waals surface area contributed by atoms with Crippen molar-refractivity contribution in [3.05, 3.63) is 17.5 Å². The Bertz CT molecular complexity index is 307. The number of nitrogens with two attached hydrogens (primary N) is 1. The topological polar surface area (TPSA) is 53.1 Å². The molecule has 0 radical (unpaired) electrons. The van der Waals surface area contributed by atoms with Gasteiger partial charge in [0.1, 0.15) is 0 Å². The molecule has 0 saturated carbocycles. The van der Waals surface area contributed by atoms with Crippen LogP contribution in [-0.2, 0) is 18.2 Å². The molecular formula is C11H21N3O. The van der Waals surface area contributed by atoms with E-state index in [9.17, 15) is 0 Å². The Kier molecular flexibility index (Phi) is 4.29. The second-order valence-corrected chi connectivity index (χ2v) is 3.97. The standard InChI is InChI=1S/C11H21N3O/c1-5-10-9(7-14(4)13-10)11(6-12)15-8(2)3/h7-8,11H,5-6,12H2,1-4H3. The van der Waals surface area contributed by atoms with Crippen LogP contribution in [0.15, 0.2) is 6.20 Å². The molecule has 1 unspecified atom stereocenters. The van der Waals surface area contributed by atoms with Crippen LogP contribution in [-0.4, -0.2) is 22.4 Å². The lowest BCUT2D eigenvalue weighted by Gasteiger charge is -2.18. The van der Waals surface area contributed by atoms with Gasteiger partial charge in [0.05, 0.1) is 17.9 Å². The maximum absolute atomic E-state index is 5.76. The summed E-state index contributed by atoms with van der Waals surface area (Å²) in [6.45, 7) is 6.63. The molecule has 0 spiro atoms. The van der Waals surface area contributed by atoms with Crippen molar-refractivity contribution in [1.29, 1.82) is 0 Å². The fraction of sp³-hybridized carbons (Fsp3) is 0.727. The van der Waals surface area contributed by atoms with Crippen LogP contribution in [0.1, 0.15) is 38.1 Å². The van der Waals surface area contributed by atoms with E-state index < -0.39 is 0 Å². The Hall–Kier alpha value is -0.870. The van der Waals surface area contributed by atoms with E-state index in [1.54, 1.807) is 0 Å². The molecule has 1 aromatic rings. The van der Waals surface area contributed by atoms with Gasteiger partial charge in [0.25, 0.3) is 0 Å². The van der Waals surface area contributed by atoms with Crippen molar-refractivity contribution in [2.45, 2.75) is 39.4 Å².